The quantitative estimate of drug-likeness (QED) is 0.828. The van der Waals surface area contributed by atoms with Crippen LogP contribution >= 0.6 is 11.8 Å². The van der Waals surface area contributed by atoms with E-state index in [1.807, 2.05) is 36.0 Å². The van der Waals surface area contributed by atoms with Gasteiger partial charge in [-0.15, -0.1) is 0 Å². The van der Waals surface area contributed by atoms with Crippen LogP contribution in [0.4, 0.5) is 11.4 Å². The molecule has 18 heavy (non-hydrogen) atoms. The highest BCUT2D eigenvalue weighted by Crippen LogP contribution is 2.47. The van der Waals surface area contributed by atoms with Crippen LogP contribution in [0.25, 0.3) is 10.9 Å². The van der Waals surface area contributed by atoms with E-state index in [4.69, 9.17) is 5.73 Å². The molecule has 1 saturated carbocycles. The second-order valence-corrected chi connectivity index (χ2v) is 6.11. The maximum absolute atomic E-state index is 6.20. The third-order valence-corrected chi connectivity index (χ3v) is 5.09. The van der Waals surface area contributed by atoms with Gasteiger partial charge in [0.1, 0.15) is 0 Å². The fourth-order valence-corrected chi connectivity index (χ4v) is 2.90. The second kappa shape index (κ2) is 4.35. The van der Waals surface area contributed by atoms with Gasteiger partial charge in [0.05, 0.1) is 16.9 Å². The van der Waals surface area contributed by atoms with Crippen molar-refractivity contribution in [1.82, 2.24) is 4.98 Å². The number of pyridine rings is 1. The van der Waals surface area contributed by atoms with E-state index in [1.54, 1.807) is 6.20 Å². The summed E-state index contributed by atoms with van der Waals surface area (Å²) >= 11 is 1.95. The van der Waals surface area contributed by atoms with Gasteiger partial charge in [-0.05, 0) is 43.4 Å². The number of nitrogens with zero attached hydrogens (tertiary/aromatic N) is 1. The Kier molecular flexibility index (Phi) is 2.82. The van der Waals surface area contributed by atoms with E-state index in [9.17, 15) is 0 Å². The van der Waals surface area contributed by atoms with Gasteiger partial charge in [-0.1, -0.05) is 0 Å². The summed E-state index contributed by atoms with van der Waals surface area (Å²) in [5.41, 5.74) is 8.98. The molecule has 1 aliphatic carbocycles. The fraction of sp³-hybridized carbons (Fsp3) is 0.357. The molecule has 0 unspecified atom stereocenters. The van der Waals surface area contributed by atoms with Crippen molar-refractivity contribution in [2.24, 2.45) is 0 Å². The molecular weight excluding hydrogens is 242 g/mol. The minimum absolute atomic E-state index is 0.441. The second-order valence-electron chi connectivity index (χ2n) is 4.84. The third kappa shape index (κ3) is 2.01. The summed E-state index contributed by atoms with van der Waals surface area (Å²) in [7, 11) is 0. The van der Waals surface area contributed by atoms with Crippen LogP contribution in [0.2, 0.25) is 0 Å². The van der Waals surface area contributed by atoms with E-state index in [0.29, 0.717) is 4.75 Å². The summed E-state index contributed by atoms with van der Waals surface area (Å²) in [4.78, 5) is 4.31. The van der Waals surface area contributed by atoms with Gasteiger partial charge < -0.3 is 11.1 Å². The van der Waals surface area contributed by atoms with Crippen molar-refractivity contribution in [1.29, 1.82) is 0 Å². The van der Waals surface area contributed by atoms with Gasteiger partial charge in [-0.25, -0.2) is 0 Å². The highest BCUT2D eigenvalue weighted by atomic mass is 32.2. The maximum Gasteiger partial charge on any atom is 0.0724 e. The summed E-state index contributed by atoms with van der Waals surface area (Å²) in [6.45, 7) is 0.990. The molecule has 0 radical (unpaired) electrons. The first-order valence-corrected chi connectivity index (χ1v) is 7.39. The number of aromatic nitrogens is 1. The Morgan fingerprint density at radius 2 is 2.22 bits per heavy atom. The van der Waals surface area contributed by atoms with Crippen LogP contribution in [-0.2, 0) is 0 Å². The molecule has 0 spiro atoms. The summed E-state index contributed by atoms with van der Waals surface area (Å²) in [5.74, 6) is 0. The van der Waals surface area contributed by atoms with Gasteiger partial charge in [0.25, 0.3) is 0 Å². The van der Waals surface area contributed by atoms with E-state index in [1.165, 1.54) is 12.8 Å². The molecule has 2 aromatic rings. The van der Waals surface area contributed by atoms with E-state index in [0.717, 1.165) is 28.8 Å². The lowest BCUT2D eigenvalue weighted by atomic mass is 10.1. The SMILES string of the molecule is CSC1(CNc2ccc3ncccc3c2N)CC1. The number of nitrogen functional groups attached to an aromatic ring is 1. The Labute approximate surface area is 111 Å². The third-order valence-electron chi connectivity index (χ3n) is 3.67. The van der Waals surface area contributed by atoms with E-state index >= 15 is 0 Å². The van der Waals surface area contributed by atoms with E-state index < -0.39 is 0 Å². The molecule has 0 bridgehead atoms. The van der Waals surface area contributed by atoms with Crippen molar-refractivity contribution < 1.29 is 0 Å². The summed E-state index contributed by atoms with van der Waals surface area (Å²) in [6.07, 6.45) is 6.58. The van der Waals surface area contributed by atoms with Crippen molar-refractivity contribution in [3.05, 3.63) is 30.5 Å². The van der Waals surface area contributed by atoms with Crippen LogP contribution in [0.1, 0.15) is 12.8 Å². The number of anilines is 2. The molecule has 3 N–H and O–H groups in total. The number of thioether (sulfide) groups is 1. The molecule has 94 valence electrons. The van der Waals surface area contributed by atoms with Crippen LogP contribution in [0.15, 0.2) is 30.5 Å². The van der Waals surface area contributed by atoms with Gasteiger partial charge >= 0.3 is 0 Å². The molecule has 1 aliphatic rings. The largest absolute Gasteiger partial charge is 0.397 e. The molecule has 1 aromatic heterocycles. The van der Waals surface area contributed by atoms with E-state index in [-0.39, 0.29) is 0 Å². The Bertz CT molecular complexity index is 578. The van der Waals surface area contributed by atoms with E-state index in [2.05, 4.69) is 16.6 Å². The van der Waals surface area contributed by atoms with Gasteiger partial charge in [0.2, 0.25) is 0 Å². The highest BCUT2D eigenvalue weighted by molar-refractivity contribution is 8.00. The van der Waals surface area contributed by atoms with Gasteiger partial charge in [-0.2, -0.15) is 11.8 Å². The normalized spacial score (nSPS) is 16.7. The Morgan fingerprint density at radius 1 is 1.39 bits per heavy atom. The predicted molar refractivity (Wildman–Crippen MR) is 80.1 cm³/mol. The first kappa shape index (κ1) is 11.7. The van der Waals surface area contributed by atoms with Crippen LogP contribution < -0.4 is 11.1 Å². The average molecular weight is 259 g/mol. The highest BCUT2D eigenvalue weighted by Gasteiger charge is 2.41. The lowest BCUT2D eigenvalue weighted by Gasteiger charge is -2.16. The van der Waals surface area contributed by atoms with Gasteiger partial charge in [0, 0.05) is 22.9 Å². The first-order chi connectivity index (χ1) is 8.74. The average Bonchev–Trinajstić information content (AvgIpc) is 3.19. The molecule has 0 atom stereocenters. The first-order valence-electron chi connectivity index (χ1n) is 6.16. The Morgan fingerprint density at radius 3 is 2.94 bits per heavy atom. The lowest BCUT2D eigenvalue weighted by Crippen LogP contribution is -2.18. The number of hydrogen-bond donors (Lipinski definition) is 2. The summed E-state index contributed by atoms with van der Waals surface area (Å²) in [5, 5.41) is 4.51. The van der Waals surface area contributed by atoms with Crippen molar-refractivity contribution in [3.8, 4) is 0 Å². The number of rotatable bonds is 4. The minimum atomic E-state index is 0.441. The Balaban J connectivity index is 1.86. The number of nitrogens with two attached hydrogens (primary N) is 1. The van der Waals surface area contributed by atoms with Crippen LogP contribution in [-0.4, -0.2) is 22.5 Å². The zero-order chi connectivity index (χ0) is 12.6. The number of nitrogens with one attached hydrogen (secondary N) is 1. The zero-order valence-corrected chi connectivity index (χ0v) is 11.3. The van der Waals surface area contributed by atoms with Crippen LogP contribution in [0, 0.1) is 0 Å². The molecule has 3 nitrogen and oxygen atoms in total. The zero-order valence-electron chi connectivity index (χ0n) is 10.4. The maximum atomic E-state index is 6.20. The minimum Gasteiger partial charge on any atom is -0.397 e. The topological polar surface area (TPSA) is 50.9 Å². The molecule has 0 aliphatic heterocycles. The molecule has 1 heterocycles. The number of hydrogen-bond acceptors (Lipinski definition) is 4. The molecule has 0 saturated heterocycles. The molecule has 1 fully saturated rings. The standard InChI is InChI=1S/C14H17N3S/c1-18-14(6-7-14)9-17-12-5-4-11-10(13(12)15)3-2-8-16-11/h2-5,8,17H,6-7,9,15H2,1H3. The monoisotopic (exact) mass is 259 g/mol. The smallest absolute Gasteiger partial charge is 0.0724 e. The molecule has 1 aromatic carbocycles. The van der Waals surface area contributed by atoms with Crippen molar-refractivity contribution in [2.45, 2.75) is 17.6 Å². The van der Waals surface area contributed by atoms with Crippen molar-refractivity contribution >= 4 is 34.0 Å². The van der Waals surface area contributed by atoms with Gasteiger partial charge in [0.15, 0.2) is 0 Å². The molecule has 3 rings (SSSR count). The number of benzene rings is 1. The summed E-state index contributed by atoms with van der Waals surface area (Å²) < 4.78 is 0.441. The molecule has 4 heteroatoms. The fourth-order valence-electron chi connectivity index (χ4n) is 2.18. The molecular formula is C14H17N3S. The van der Waals surface area contributed by atoms with Crippen molar-refractivity contribution in [2.75, 3.05) is 23.9 Å². The lowest BCUT2D eigenvalue weighted by molar-refractivity contribution is 0.950. The number of fused-ring (bicyclic) bond motifs is 1. The molecule has 0 amide bonds. The van der Waals surface area contributed by atoms with Crippen LogP contribution in [0.5, 0.6) is 0 Å². The van der Waals surface area contributed by atoms with Gasteiger partial charge in [-0.3, -0.25) is 4.98 Å². The summed E-state index contributed by atoms with van der Waals surface area (Å²) in [6, 6.07) is 7.99. The Hall–Kier alpha value is -1.42. The van der Waals surface area contributed by atoms with Crippen molar-refractivity contribution in [3.63, 3.8) is 0 Å². The van der Waals surface area contributed by atoms with Crippen LogP contribution in [0.3, 0.4) is 0 Å². The predicted octanol–water partition coefficient (Wildman–Crippen LogP) is 3.12.